The fraction of sp³-hybridized carbons (Fsp3) is 0.929. The summed E-state index contributed by atoms with van der Waals surface area (Å²) in [5.74, 6) is 1.74. The number of hydrogen-bond donors (Lipinski definition) is 1. The number of nitrogens with one attached hydrogen (secondary N) is 1. The molecule has 96 valence electrons. The van der Waals surface area contributed by atoms with Gasteiger partial charge < -0.3 is 5.32 Å². The van der Waals surface area contributed by atoms with Crippen LogP contribution in [0.3, 0.4) is 0 Å². The molecule has 0 radical (unpaired) electrons. The third-order valence-corrected chi connectivity index (χ3v) is 4.00. The zero-order valence-electron chi connectivity index (χ0n) is 11.0. The van der Waals surface area contributed by atoms with E-state index in [1.165, 1.54) is 38.6 Å². The Kier molecular flexibility index (Phi) is 4.82. The van der Waals surface area contributed by atoms with Gasteiger partial charge in [0.25, 0.3) is 0 Å². The van der Waals surface area contributed by atoms with Crippen LogP contribution in [0, 0.1) is 23.2 Å². The zero-order chi connectivity index (χ0) is 12.1. The molecule has 2 rings (SSSR count). The molecule has 3 heteroatoms. The molecule has 1 heterocycles. The van der Waals surface area contributed by atoms with Gasteiger partial charge in [-0.2, -0.15) is 5.26 Å². The molecule has 1 aliphatic carbocycles. The first kappa shape index (κ1) is 12.9. The minimum Gasteiger partial charge on any atom is -0.312 e. The Labute approximate surface area is 105 Å². The SMILES string of the molecule is CCCC1CC(NCC2CC2)CN(CC#N)C1. The molecule has 0 aromatic carbocycles. The van der Waals surface area contributed by atoms with Gasteiger partial charge in [0.15, 0.2) is 0 Å². The molecule has 0 aromatic rings. The maximum atomic E-state index is 8.84. The molecule has 1 saturated heterocycles. The summed E-state index contributed by atoms with van der Waals surface area (Å²) >= 11 is 0. The van der Waals surface area contributed by atoms with E-state index in [4.69, 9.17) is 5.26 Å². The molecular formula is C14H25N3. The Morgan fingerprint density at radius 3 is 2.76 bits per heavy atom. The van der Waals surface area contributed by atoms with Crippen LogP contribution < -0.4 is 5.32 Å². The van der Waals surface area contributed by atoms with Gasteiger partial charge in [-0.3, -0.25) is 4.90 Å². The molecule has 17 heavy (non-hydrogen) atoms. The Bertz CT molecular complexity index is 267. The molecule has 0 aromatic heterocycles. The lowest BCUT2D eigenvalue weighted by Crippen LogP contribution is -2.49. The fourth-order valence-corrected chi connectivity index (χ4v) is 2.95. The summed E-state index contributed by atoms with van der Waals surface area (Å²) in [6.07, 6.45) is 6.71. The van der Waals surface area contributed by atoms with Gasteiger partial charge in [0, 0.05) is 19.1 Å². The third-order valence-electron chi connectivity index (χ3n) is 4.00. The van der Waals surface area contributed by atoms with Crippen LogP contribution in [0.15, 0.2) is 0 Å². The van der Waals surface area contributed by atoms with Gasteiger partial charge in [0.1, 0.15) is 0 Å². The number of hydrogen-bond acceptors (Lipinski definition) is 3. The highest BCUT2D eigenvalue weighted by atomic mass is 15.2. The molecular weight excluding hydrogens is 210 g/mol. The minimum absolute atomic E-state index is 0.599. The summed E-state index contributed by atoms with van der Waals surface area (Å²) in [6.45, 7) is 6.26. The monoisotopic (exact) mass is 235 g/mol. The summed E-state index contributed by atoms with van der Waals surface area (Å²) in [6, 6.07) is 2.92. The summed E-state index contributed by atoms with van der Waals surface area (Å²) in [7, 11) is 0. The fourth-order valence-electron chi connectivity index (χ4n) is 2.95. The number of nitriles is 1. The predicted octanol–water partition coefficient (Wildman–Crippen LogP) is 2.00. The van der Waals surface area contributed by atoms with E-state index in [0.29, 0.717) is 12.6 Å². The number of nitrogens with zero attached hydrogens (tertiary/aromatic N) is 2. The Hall–Kier alpha value is -0.590. The average molecular weight is 235 g/mol. The average Bonchev–Trinajstić information content (AvgIpc) is 3.11. The van der Waals surface area contributed by atoms with Gasteiger partial charge in [0.05, 0.1) is 12.6 Å². The second-order valence-electron chi connectivity index (χ2n) is 5.79. The van der Waals surface area contributed by atoms with Crippen LogP contribution in [-0.4, -0.2) is 37.1 Å². The number of likely N-dealkylation sites (tertiary alicyclic amines) is 1. The molecule has 2 atom stereocenters. The van der Waals surface area contributed by atoms with Crippen molar-refractivity contribution in [3.05, 3.63) is 0 Å². The summed E-state index contributed by atoms with van der Waals surface area (Å²) in [4.78, 5) is 2.33. The second-order valence-corrected chi connectivity index (χ2v) is 5.79. The van der Waals surface area contributed by atoms with Crippen molar-refractivity contribution in [2.75, 3.05) is 26.2 Å². The molecule has 2 unspecified atom stereocenters. The lowest BCUT2D eigenvalue weighted by molar-refractivity contribution is 0.149. The molecule has 0 amide bonds. The number of piperidine rings is 1. The molecule has 2 aliphatic rings. The standard InChI is InChI=1S/C14H25N3/c1-2-3-13-8-14(16-9-12-4-5-12)11-17(10-13)7-6-15/h12-14,16H,2-5,7-11H2,1H3. The molecule has 1 N–H and O–H groups in total. The van der Waals surface area contributed by atoms with Crippen LogP contribution in [0.4, 0.5) is 0 Å². The van der Waals surface area contributed by atoms with Gasteiger partial charge in [-0.15, -0.1) is 0 Å². The highest BCUT2D eigenvalue weighted by molar-refractivity contribution is 4.89. The molecule has 2 fully saturated rings. The van der Waals surface area contributed by atoms with Crippen molar-refractivity contribution in [1.29, 1.82) is 5.26 Å². The Morgan fingerprint density at radius 1 is 1.29 bits per heavy atom. The molecule has 0 spiro atoms. The smallest absolute Gasteiger partial charge is 0.0866 e. The van der Waals surface area contributed by atoms with E-state index in [1.54, 1.807) is 0 Å². The highest BCUT2D eigenvalue weighted by Crippen LogP contribution is 2.28. The normalized spacial score (nSPS) is 30.1. The van der Waals surface area contributed by atoms with Gasteiger partial charge >= 0.3 is 0 Å². The number of rotatable bonds is 6. The summed E-state index contributed by atoms with van der Waals surface area (Å²) < 4.78 is 0. The predicted molar refractivity (Wildman–Crippen MR) is 69.6 cm³/mol. The van der Waals surface area contributed by atoms with E-state index >= 15 is 0 Å². The van der Waals surface area contributed by atoms with Crippen LogP contribution in [-0.2, 0) is 0 Å². The van der Waals surface area contributed by atoms with E-state index in [2.05, 4.69) is 23.2 Å². The highest BCUT2D eigenvalue weighted by Gasteiger charge is 2.28. The van der Waals surface area contributed by atoms with Gasteiger partial charge in [-0.1, -0.05) is 13.3 Å². The van der Waals surface area contributed by atoms with E-state index in [9.17, 15) is 0 Å². The van der Waals surface area contributed by atoms with Crippen molar-refractivity contribution >= 4 is 0 Å². The van der Waals surface area contributed by atoms with E-state index in [0.717, 1.165) is 24.9 Å². The molecule has 3 nitrogen and oxygen atoms in total. The first-order valence-electron chi connectivity index (χ1n) is 7.14. The minimum atomic E-state index is 0.599. The van der Waals surface area contributed by atoms with Crippen molar-refractivity contribution in [3.8, 4) is 6.07 Å². The van der Waals surface area contributed by atoms with Crippen LogP contribution in [0.2, 0.25) is 0 Å². The van der Waals surface area contributed by atoms with E-state index < -0.39 is 0 Å². The molecule has 0 bridgehead atoms. The molecule has 1 saturated carbocycles. The first-order valence-corrected chi connectivity index (χ1v) is 7.14. The van der Waals surface area contributed by atoms with Crippen LogP contribution in [0.1, 0.15) is 39.0 Å². The topological polar surface area (TPSA) is 39.1 Å². The largest absolute Gasteiger partial charge is 0.312 e. The molecule has 1 aliphatic heterocycles. The van der Waals surface area contributed by atoms with Crippen molar-refractivity contribution in [3.63, 3.8) is 0 Å². The van der Waals surface area contributed by atoms with Gasteiger partial charge in [0.2, 0.25) is 0 Å². The lowest BCUT2D eigenvalue weighted by Gasteiger charge is -2.37. The Balaban J connectivity index is 1.79. The maximum absolute atomic E-state index is 8.84. The first-order chi connectivity index (χ1) is 8.31. The van der Waals surface area contributed by atoms with Gasteiger partial charge in [-0.25, -0.2) is 0 Å². The summed E-state index contributed by atoms with van der Waals surface area (Å²) in [5.41, 5.74) is 0. The maximum Gasteiger partial charge on any atom is 0.0866 e. The summed E-state index contributed by atoms with van der Waals surface area (Å²) in [5, 5.41) is 12.5. The zero-order valence-corrected chi connectivity index (χ0v) is 11.0. The van der Waals surface area contributed by atoms with Crippen molar-refractivity contribution in [2.45, 2.75) is 45.1 Å². The van der Waals surface area contributed by atoms with Crippen molar-refractivity contribution in [2.24, 2.45) is 11.8 Å². The second kappa shape index (κ2) is 6.37. The Morgan fingerprint density at radius 2 is 2.12 bits per heavy atom. The van der Waals surface area contributed by atoms with Crippen LogP contribution in [0.25, 0.3) is 0 Å². The van der Waals surface area contributed by atoms with Crippen LogP contribution in [0.5, 0.6) is 0 Å². The van der Waals surface area contributed by atoms with Crippen molar-refractivity contribution in [1.82, 2.24) is 10.2 Å². The third kappa shape index (κ3) is 4.29. The van der Waals surface area contributed by atoms with E-state index in [-0.39, 0.29) is 0 Å². The van der Waals surface area contributed by atoms with Crippen molar-refractivity contribution < 1.29 is 0 Å². The van der Waals surface area contributed by atoms with Gasteiger partial charge in [-0.05, 0) is 44.1 Å². The quantitative estimate of drug-likeness (QED) is 0.716. The van der Waals surface area contributed by atoms with Crippen LogP contribution >= 0.6 is 0 Å². The lowest BCUT2D eigenvalue weighted by atomic mass is 9.90. The van der Waals surface area contributed by atoms with E-state index in [1.807, 2.05) is 0 Å².